The summed E-state index contributed by atoms with van der Waals surface area (Å²) in [5.41, 5.74) is 1.64. The third-order valence-electron chi connectivity index (χ3n) is 9.42. The van der Waals surface area contributed by atoms with E-state index in [9.17, 15) is 19.1 Å². The van der Waals surface area contributed by atoms with E-state index in [4.69, 9.17) is 4.74 Å². The first kappa shape index (κ1) is 18.6. The average Bonchev–Trinajstić information content (AvgIpc) is 3.15. The number of halogens is 1. The number of likely N-dealkylation sites (tertiary alicyclic amines) is 1. The Kier molecular flexibility index (Phi) is 3.72. The van der Waals surface area contributed by atoms with Gasteiger partial charge >= 0.3 is 5.97 Å². The Hall–Kier alpha value is -2.11. The van der Waals surface area contributed by atoms with Crippen molar-refractivity contribution in [2.24, 2.45) is 28.6 Å². The summed E-state index contributed by atoms with van der Waals surface area (Å²) in [7, 11) is 0. The van der Waals surface area contributed by atoms with E-state index in [1.807, 2.05) is 6.92 Å². The molecular weight excluding hydrogens is 385 g/mol. The fraction of sp³-hybridized carbons (Fsp3) is 0.667. The van der Waals surface area contributed by atoms with E-state index < -0.39 is 23.7 Å². The molecule has 0 radical (unpaired) electrons. The minimum Gasteiger partial charge on any atom is -0.493 e. The van der Waals surface area contributed by atoms with Crippen LogP contribution < -0.4 is 4.74 Å². The smallest absolute Gasteiger partial charge is 0.326 e. The Morgan fingerprint density at radius 1 is 1.23 bits per heavy atom. The van der Waals surface area contributed by atoms with Crippen LogP contribution in [-0.2, 0) is 11.2 Å². The summed E-state index contributed by atoms with van der Waals surface area (Å²) < 4.78 is 21.2. The van der Waals surface area contributed by atoms with Crippen LogP contribution in [0.5, 0.6) is 5.75 Å². The van der Waals surface area contributed by atoms with E-state index in [1.165, 1.54) is 36.6 Å². The monoisotopic (exact) mass is 413 g/mol. The van der Waals surface area contributed by atoms with Gasteiger partial charge in [0.2, 0.25) is 0 Å². The molecule has 5 fully saturated rings. The molecule has 4 saturated carbocycles. The molecule has 1 spiro atoms. The number of amides is 1. The van der Waals surface area contributed by atoms with Gasteiger partial charge in [0.05, 0.1) is 12.2 Å². The van der Waals surface area contributed by atoms with Gasteiger partial charge in [-0.15, -0.1) is 0 Å². The van der Waals surface area contributed by atoms with Crippen molar-refractivity contribution in [3.05, 3.63) is 29.1 Å². The maximum absolute atomic E-state index is 14.9. The zero-order chi connectivity index (χ0) is 20.8. The number of carboxylic acids is 1. The molecule has 1 saturated heterocycles. The number of aryl methyl sites for hydroxylation is 1. The quantitative estimate of drug-likeness (QED) is 0.768. The topological polar surface area (TPSA) is 66.8 Å². The van der Waals surface area contributed by atoms with E-state index >= 15 is 0 Å². The molecule has 0 aromatic heterocycles. The Morgan fingerprint density at radius 2 is 1.97 bits per heavy atom. The summed E-state index contributed by atoms with van der Waals surface area (Å²) in [6.07, 6.45) is 6.98. The molecule has 5 nitrogen and oxygen atoms in total. The van der Waals surface area contributed by atoms with Crippen molar-refractivity contribution >= 4 is 11.9 Å². The van der Waals surface area contributed by atoms with Crippen molar-refractivity contribution in [3.8, 4) is 5.75 Å². The first-order valence-electron chi connectivity index (χ1n) is 11.4. The van der Waals surface area contributed by atoms with Crippen molar-refractivity contribution in [3.63, 3.8) is 0 Å². The fourth-order valence-corrected chi connectivity index (χ4v) is 8.22. The third kappa shape index (κ3) is 2.03. The number of hydrogen-bond acceptors (Lipinski definition) is 3. The second kappa shape index (κ2) is 5.98. The summed E-state index contributed by atoms with van der Waals surface area (Å²) in [6, 6.07) is 2.05. The Labute approximate surface area is 175 Å². The zero-order valence-corrected chi connectivity index (χ0v) is 17.3. The van der Waals surface area contributed by atoms with Gasteiger partial charge < -0.3 is 14.7 Å². The van der Waals surface area contributed by atoms with Crippen LogP contribution >= 0.6 is 0 Å². The molecule has 2 unspecified atom stereocenters. The standard InChI is InChI=1S/C24H28FNO4/c1-2-13-6-17(21(27)26-5-3-4-19(26)22(28)29)18(25)9-20(13)30-12-23-10-15-7-14-8-16(11-23)24(14,15)23/h6,9,14-16,19H,2-5,7-8,10-12H2,1H3,(H,28,29)/t14?,15?,16?,19-,23?,24?/m0/s1. The number of carbonyl (C=O) groups is 2. The van der Waals surface area contributed by atoms with Crippen molar-refractivity contribution in [1.82, 2.24) is 4.90 Å². The number of benzene rings is 1. The van der Waals surface area contributed by atoms with Gasteiger partial charge in [-0.25, -0.2) is 9.18 Å². The van der Waals surface area contributed by atoms with Gasteiger partial charge in [-0.1, -0.05) is 6.92 Å². The third-order valence-corrected chi connectivity index (χ3v) is 9.42. The molecule has 5 aliphatic rings. The highest BCUT2D eigenvalue weighted by Crippen LogP contribution is 2.92. The number of carboxylic acid groups (broad SMARTS) is 1. The van der Waals surface area contributed by atoms with Gasteiger partial charge in [0.1, 0.15) is 17.6 Å². The van der Waals surface area contributed by atoms with Crippen LogP contribution in [0.3, 0.4) is 0 Å². The Balaban J connectivity index is 1.21. The van der Waals surface area contributed by atoms with Crippen molar-refractivity contribution in [2.75, 3.05) is 13.2 Å². The van der Waals surface area contributed by atoms with Crippen LogP contribution in [0.1, 0.15) is 61.4 Å². The van der Waals surface area contributed by atoms with E-state index in [0.717, 1.165) is 23.3 Å². The SMILES string of the molecule is CCc1cc(C(=O)N2CCC[C@H]2C(=O)O)c(F)cc1OCC12CC3CC4CC(C1)C432. The Bertz CT molecular complexity index is 933. The first-order valence-corrected chi connectivity index (χ1v) is 11.4. The maximum atomic E-state index is 14.9. The molecule has 1 heterocycles. The second-order valence-electron chi connectivity index (χ2n) is 10.3. The molecule has 1 aromatic rings. The minimum atomic E-state index is -1.03. The number of rotatable bonds is 6. The summed E-state index contributed by atoms with van der Waals surface area (Å²) in [5.74, 6) is 1.07. The van der Waals surface area contributed by atoms with Gasteiger partial charge in [0.25, 0.3) is 5.91 Å². The second-order valence-corrected chi connectivity index (χ2v) is 10.3. The number of aliphatic carboxylic acids is 1. The summed E-state index contributed by atoms with van der Waals surface area (Å²) >= 11 is 0. The van der Waals surface area contributed by atoms with Crippen LogP contribution in [0, 0.1) is 34.4 Å². The number of ether oxygens (including phenoxy) is 1. The van der Waals surface area contributed by atoms with Gasteiger partial charge in [-0.3, -0.25) is 4.79 Å². The molecule has 1 amide bonds. The molecule has 1 aromatic carbocycles. The molecule has 0 bridgehead atoms. The highest BCUT2D eigenvalue weighted by Gasteiger charge is 2.87. The Morgan fingerprint density at radius 3 is 2.57 bits per heavy atom. The minimum absolute atomic E-state index is 0.0467. The lowest BCUT2D eigenvalue weighted by Crippen LogP contribution is -2.86. The van der Waals surface area contributed by atoms with Crippen LogP contribution in [0.4, 0.5) is 4.39 Å². The summed E-state index contributed by atoms with van der Waals surface area (Å²) in [6.45, 7) is 2.97. The van der Waals surface area contributed by atoms with E-state index in [2.05, 4.69) is 0 Å². The number of carbonyl (C=O) groups excluding carboxylic acids is 1. The summed E-state index contributed by atoms with van der Waals surface area (Å²) in [4.78, 5) is 25.6. The van der Waals surface area contributed by atoms with Gasteiger partial charge in [-0.05, 0) is 79.7 Å². The van der Waals surface area contributed by atoms with E-state index in [0.29, 0.717) is 49.0 Å². The van der Waals surface area contributed by atoms with Crippen LogP contribution in [0.15, 0.2) is 12.1 Å². The summed E-state index contributed by atoms with van der Waals surface area (Å²) in [5, 5.41) is 9.35. The van der Waals surface area contributed by atoms with Crippen LogP contribution in [0.25, 0.3) is 0 Å². The van der Waals surface area contributed by atoms with Gasteiger partial charge in [-0.2, -0.15) is 0 Å². The molecule has 30 heavy (non-hydrogen) atoms. The lowest BCUT2D eigenvalue weighted by molar-refractivity contribution is -0.436. The zero-order valence-electron chi connectivity index (χ0n) is 17.3. The van der Waals surface area contributed by atoms with E-state index in [1.54, 1.807) is 6.07 Å². The van der Waals surface area contributed by atoms with E-state index in [-0.39, 0.29) is 5.56 Å². The number of hydrogen-bond donors (Lipinski definition) is 1. The van der Waals surface area contributed by atoms with Crippen molar-refractivity contribution in [2.45, 2.75) is 57.9 Å². The molecule has 1 N–H and O–H groups in total. The largest absolute Gasteiger partial charge is 0.493 e. The van der Waals surface area contributed by atoms with Gasteiger partial charge in [0, 0.05) is 18.0 Å². The molecular formula is C24H28FNO4. The highest BCUT2D eigenvalue weighted by molar-refractivity contribution is 5.97. The maximum Gasteiger partial charge on any atom is 0.326 e. The van der Waals surface area contributed by atoms with Crippen LogP contribution in [-0.4, -0.2) is 41.1 Å². The molecule has 3 atom stereocenters. The molecule has 160 valence electrons. The lowest BCUT2D eigenvalue weighted by atomic mass is 9.13. The molecule has 1 aliphatic heterocycles. The normalized spacial score (nSPS) is 39.6. The molecule has 6 rings (SSSR count). The average molecular weight is 413 g/mol. The molecule has 6 heteroatoms. The van der Waals surface area contributed by atoms with Crippen LogP contribution in [0.2, 0.25) is 0 Å². The predicted octanol–water partition coefficient (Wildman–Crippen LogP) is 3.89. The lowest BCUT2D eigenvalue weighted by Gasteiger charge is -2.91. The fourth-order valence-electron chi connectivity index (χ4n) is 8.22. The first-order chi connectivity index (χ1) is 14.4. The number of nitrogens with zero attached hydrogens (tertiary/aromatic N) is 1. The van der Waals surface area contributed by atoms with Crippen molar-refractivity contribution in [1.29, 1.82) is 0 Å². The highest BCUT2D eigenvalue weighted by atomic mass is 19.1. The van der Waals surface area contributed by atoms with Crippen molar-refractivity contribution < 1.29 is 23.8 Å². The molecule has 4 aliphatic carbocycles. The van der Waals surface area contributed by atoms with Gasteiger partial charge in [0.15, 0.2) is 0 Å². The predicted molar refractivity (Wildman–Crippen MR) is 107 cm³/mol.